The van der Waals surface area contributed by atoms with E-state index in [4.69, 9.17) is 5.73 Å². The van der Waals surface area contributed by atoms with Gasteiger partial charge < -0.3 is 5.73 Å². The van der Waals surface area contributed by atoms with Gasteiger partial charge in [0.25, 0.3) is 0 Å². The maximum absolute atomic E-state index is 12.0. The van der Waals surface area contributed by atoms with Gasteiger partial charge in [-0.05, 0) is 31.7 Å². The number of sulfonamides is 1. The van der Waals surface area contributed by atoms with Gasteiger partial charge in [0.1, 0.15) is 0 Å². The van der Waals surface area contributed by atoms with Crippen LogP contribution in [0.4, 0.5) is 13.2 Å². The zero-order chi connectivity index (χ0) is 14.5. The third-order valence-electron chi connectivity index (χ3n) is 3.42. The van der Waals surface area contributed by atoms with Crippen LogP contribution >= 0.6 is 12.4 Å². The second kappa shape index (κ2) is 8.41. The average molecular weight is 339 g/mol. The normalized spacial score (nSPS) is 24.2. The highest BCUT2D eigenvalue weighted by Gasteiger charge is 2.30. The molecule has 0 spiro atoms. The fourth-order valence-corrected chi connectivity index (χ4v) is 3.81. The summed E-state index contributed by atoms with van der Waals surface area (Å²) in [6.45, 7) is 0.399. The number of hydrogen-bond acceptors (Lipinski definition) is 3. The molecule has 0 radical (unpaired) electrons. The number of hydrogen-bond donors (Lipinski definition) is 2. The fraction of sp³-hybridized carbons (Fsp3) is 1.00. The van der Waals surface area contributed by atoms with Crippen LogP contribution in [0.3, 0.4) is 0 Å². The lowest BCUT2D eigenvalue weighted by molar-refractivity contribution is -0.134. The molecule has 0 aromatic carbocycles. The Morgan fingerprint density at radius 3 is 2.35 bits per heavy atom. The second-order valence-electron chi connectivity index (χ2n) is 5.04. The van der Waals surface area contributed by atoms with E-state index < -0.39 is 34.8 Å². The summed E-state index contributed by atoms with van der Waals surface area (Å²) < 4.78 is 61.9. The van der Waals surface area contributed by atoms with Gasteiger partial charge in [-0.1, -0.05) is 12.8 Å². The van der Waals surface area contributed by atoms with E-state index in [0.29, 0.717) is 13.0 Å². The van der Waals surface area contributed by atoms with E-state index in [9.17, 15) is 21.6 Å². The maximum atomic E-state index is 12.0. The monoisotopic (exact) mass is 338 g/mol. The largest absolute Gasteiger partial charge is 0.389 e. The van der Waals surface area contributed by atoms with Crippen molar-refractivity contribution in [3.8, 4) is 0 Å². The third kappa shape index (κ3) is 7.66. The van der Waals surface area contributed by atoms with Gasteiger partial charge in [0.15, 0.2) is 0 Å². The van der Waals surface area contributed by atoms with Crippen molar-refractivity contribution in [3.63, 3.8) is 0 Å². The van der Waals surface area contributed by atoms with Gasteiger partial charge in [-0.3, -0.25) is 0 Å². The topological polar surface area (TPSA) is 72.2 Å². The lowest BCUT2D eigenvalue weighted by Gasteiger charge is -2.31. The van der Waals surface area contributed by atoms with Crippen molar-refractivity contribution in [1.29, 1.82) is 0 Å². The van der Waals surface area contributed by atoms with Gasteiger partial charge in [-0.2, -0.15) is 13.2 Å². The first-order chi connectivity index (χ1) is 8.73. The first kappa shape index (κ1) is 19.9. The van der Waals surface area contributed by atoms with E-state index in [-0.39, 0.29) is 24.4 Å². The first-order valence-corrected chi connectivity index (χ1v) is 8.15. The molecular weight excluding hydrogens is 317 g/mol. The van der Waals surface area contributed by atoms with Crippen molar-refractivity contribution < 1.29 is 21.6 Å². The van der Waals surface area contributed by atoms with E-state index in [2.05, 4.69) is 4.72 Å². The second-order valence-corrected chi connectivity index (χ2v) is 6.92. The number of alkyl halides is 3. The number of rotatable bonds is 6. The lowest BCUT2D eigenvalue weighted by atomic mass is 9.85. The molecule has 20 heavy (non-hydrogen) atoms. The summed E-state index contributed by atoms with van der Waals surface area (Å²) in [6, 6.07) is -0.227. The Labute approximate surface area is 124 Å². The molecule has 4 nitrogen and oxygen atoms in total. The molecule has 2 unspecified atom stereocenters. The molecule has 3 N–H and O–H groups in total. The minimum absolute atomic E-state index is 0. The standard InChI is InChI=1S/C11H21F3N2O2S.ClH/c12-11(13,14)6-3-7-19(17,18)16-10-5-2-1-4-9(10)8-15;/h9-10,16H,1-8,15H2;1H. The van der Waals surface area contributed by atoms with E-state index in [0.717, 1.165) is 19.3 Å². The Bertz CT molecular complexity index is 376. The Morgan fingerprint density at radius 2 is 1.80 bits per heavy atom. The number of nitrogens with one attached hydrogen (secondary N) is 1. The molecule has 0 bridgehead atoms. The molecular formula is C11H22ClF3N2O2S. The van der Waals surface area contributed by atoms with Crippen LogP contribution < -0.4 is 10.5 Å². The molecule has 0 aliphatic heterocycles. The van der Waals surface area contributed by atoms with E-state index in [1.54, 1.807) is 0 Å². The Kier molecular flexibility index (Phi) is 8.39. The van der Waals surface area contributed by atoms with Crippen molar-refractivity contribution in [2.75, 3.05) is 12.3 Å². The molecule has 0 heterocycles. The van der Waals surface area contributed by atoms with Gasteiger partial charge in [-0.15, -0.1) is 12.4 Å². The average Bonchev–Trinajstić information content (AvgIpc) is 2.27. The molecule has 0 aromatic rings. The van der Waals surface area contributed by atoms with Crippen LogP contribution in [0.2, 0.25) is 0 Å². The predicted molar refractivity (Wildman–Crippen MR) is 74.3 cm³/mol. The molecule has 0 saturated heterocycles. The smallest absolute Gasteiger partial charge is 0.330 e. The van der Waals surface area contributed by atoms with E-state index >= 15 is 0 Å². The molecule has 0 aromatic heterocycles. The lowest BCUT2D eigenvalue weighted by Crippen LogP contribution is -2.45. The maximum Gasteiger partial charge on any atom is 0.389 e. The Balaban J connectivity index is 0.00000361. The number of nitrogens with two attached hydrogens (primary N) is 1. The zero-order valence-electron chi connectivity index (χ0n) is 11.2. The van der Waals surface area contributed by atoms with Gasteiger partial charge >= 0.3 is 6.18 Å². The molecule has 2 atom stereocenters. The summed E-state index contributed by atoms with van der Waals surface area (Å²) >= 11 is 0. The minimum Gasteiger partial charge on any atom is -0.330 e. The summed E-state index contributed by atoms with van der Waals surface area (Å²) in [5.74, 6) is -0.397. The summed E-state index contributed by atoms with van der Waals surface area (Å²) in [5, 5.41) is 0. The highest BCUT2D eigenvalue weighted by atomic mass is 35.5. The molecule has 122 valence electrons. The van der Waals surface area contributed by atoms with Gasteiger partial charge in [0.05, 0.1) is 5.75 Å². The van der Waals surface area contributed by atoms with Crippen molar-refractivity contribution >= 4 is 22.4 Å². The van der Waals surface area contributed by atoms with Crippen molar-refractivity contribution in [3.05, 3.63) is 0 Å². The zero-order valence-corrected chi connectivity index (χ0v) is 12.8. The van der Waals surface area contributed by atoms with Gasteiger partial charge in [0.2, 0.25) is 10.0 Å². The highest BCUT2D eigenvalue weighted by Crippen LogP contribution is 2.25. The first-order valence-electron chi connectivity index (χ1n) is 6.50. The van der Waals surface area contributed by atoms with Crippen LogP contribution in [-0.2, 0) is 10.0 Å². The molecule has 1 rings (SSSR count). The summed E-state index contributed by atoms with van der Waals surface area (Å²) in [5.41, 5.74) is 5.59. The molecule has 1 aliphatic carbocycles. The van der Waals surface area contributed by atoms with Crippen LogP contribution in [0.5, 0.6) is 0 Å². The van der Waals surface area contributed by atoms with Crippen LogP contribution in [-0.4, -0.2) is 32.9 Å². The van der Waals surface area contributed by atoms with Crippen LogP contribution in [0, 0.1) is 5.92 Å². The minimum atomic E-state index is -4.31. The van der Waals surface area contributed by atoms with Crippen LogP contribution in [0.15, 0.2) is 0 Å². The van der Waals surface area contributed by atoms with Crippen molar-refractivity contribution in [1.82, 2.24) is 4.72 Å². The highest BCUT2D eigenvalue weighted by molar-refractivity contribution is 7.89. The summed E-state index contributed by atoms with van der Waals surface area (Å²) in [6.07, 6.45) is -2.26. The van der Waals surface area contributed by atoms with Crippen molar-refractivity contribution in [2.45, 2.75) is 50.7 Å². The molecule has 1 saturated carbocycles. The summed E-state index contributed by atoms with van der Waals surface area (Å²) in [4.78, 5) is 0. The molecule has 9 heteroatoms. The molecule has 0 amide bonds. The Hall–Kier alpha value is -0.0500. The van der Waals surface area contributed by atoms with Gasteiger partial charge in [0, 0.05) is 12.5 Å². The van der Waals surface area contributed by atoms with E-state index in [1.165, 1.54) is 0 Å². The third-order valence-corrected chi connectivity index (χ3v) is 4.90. The predicted octanol–water partition coefficient (Wildman–Crippen LogP) is 2.19. The van der Waals surface area contributed by atoms with Gasteiger partial charge in [-0.25, -0.2) is 13.1 Å². The van der Waals surface area contributed by atoms with Crippen LogP contribution in [0.25, 0.3) is 0 Å². The van der Waals surface area contributed by atoms with Crippen LogP contribution in [0.1, 0.15) is 38.5 Å². The molecule has 1 fully saturated rings. The number of halogens is 4. The Morgan fingerprint density at radius 1 is 1.20 bits per heavy atom. The fourth-order valence-electron chi connectivity index (χ4n) is 2.40. The molecule has 1 aliphatic rings. The van der Waals surface area contributed by atoms with Crippen molar-refractivity contribution in [2.24, 2.45) is 11.7 Å². The van der Waals surface area contributed by atoms with E-state index in [1.807, 2.05) is 0 Å². The quantitative estimate of drug-likeness (QED) is 0.779. The summed E-state index contributed by atoms with van der Waals surface area (Å²) in [7, 11) is -3.65. The SMILES string of the molecule is Cl.NCC1CCCCC1NS(=O)(=O)CCCC(F)(F)F.